The summed E-state index contributed by atoms with van der Waals surface area (Å²) in [4.78, 5) is 0. The number of benzene rings is 1. The van der Waals surface area contributed by atoms with E-state index in [0.29, 0.717) is 4.47 Å². The lowest BCUT2D eigenvalue weighted by Crippen LogP contribution is -2.18. The van der Waals surface area contributed by atoms with E-state index in [2.05, 4.69) is 15.9 Å². The van der Waals surface area contributed by atoms with E-state index in [4.69, 9.17) is 5.73 Å². The van der Waals surface area contributed by atoms with Crippen molar-refractivity contribution in [3.63, 3.8) is 0 Å². The van der Waals surface area contributed by atoms with Crippen LogP contribution in [0, 0.1) is 0 Å². The molecule has 2 nitrogen and oxygen atoms in total. The van der Waals surface area contributed by atoms with Gasteiger partial charge in [-0.1, -0.05) is 22.0 Å². The van der Waals surface area contributed by atoms with Gasteiger partial charge >= 0.3 is 0 Å². The van der Waals surface area contributed by atoms with E-state index in [1.807, 2.05) is 0 Å². The topological polar surface area (TPSA) is 46.2 Å². The molecule has 1 rings (SSSR count). The van der Waals surface area contributed by atoms with Crippen LogP contribution in [0.5, 0.6) is 5.75 Å². The Hall–Kier alpha value is -0.390. The molecule has 1 aromatic carbocycles. The molecule has 0 aliphatic carbocycles. The van der Waals surface area contributed by atoms with Crippen molar-refractivity contribution >= 4 is 28.3 Å². The van der Waals surface area contributed by atoms with Crippen LogP contribution in [0.15, 0.2) is 22.7 Å². The van der Waals surface area contributed by atoms with Gasteiger partial charge in [0.2, 0.25) is 0 Å². The number of halogens is 4. The third kappa shape index (κ3) is 3.08. The zero-order valence-corrected chi connectivity index (χ0v) is 9.36. The maximum absolute atomic E-state index is 12.1. The Bertz CT molecular complexity index is 311. The fourth-order valence-electron chi connectivity index (χ4n) is 0.934. The second-order valence-electron chi connectivity index (χ2n) is 2.56. The summed E-state index contributed by atoms with van der Waals surface area (Å²) >= 11 is 3.09. The molecule has 0 saturated heterocycles. The Labute approximate surface area is 94.6 Å². The quantitative estimate of drug-likeness (QED) is 0.879. The molecule has 1 aromatic rings. The molecule has 80 valence electrons. The molecule has 1 atom stereocenters. The SMILES string of the molecule is Cl.N[C@H](c1ccc(Br)cc1O)C(F)F. The van der Waals surface area contributed by atoms with Crippen molar-refractivity contribution in [2.45, 2.75) is 12.5 Å². The zero-order valence-electron chi connectivity index (χ0n) is 6.95. The van der Waals surface area contributed by atoms with Gasteiger partial charge in [-0.2, -0.15) is 0 Å². The minimum atomic E-state index is -2.67. The van der Waals surface area contributed by atoms with Crippen LogP contribution < -0.4 is 5.73 Å². The van der Waals surface area contributed by atoms with E-state index >= 15 is 0 Å². The van der Waals surface area contributed by atoms with Crippen LogP contribution in [0.3, 0.4) is 0 Å². The van der Waals surface area contributed by atoms with E-state index in [9.17, 15) is 13.9 Å². The molecule has 3 N–H and O–H groups in total. The first-order valence-electron chi connectivity index (χ1n) is 3.54. The molecule has 0 saturated carbocycles. The minimum absolute atomic E-state index is 0. The highest BCUT2D eigenvalue weighted by atomic mass is 79.9. The average molecular weight is 289 g/mol. The molecule has 0 spiro atoms. The van der Waals surface area contributed by atoms with Gasteiger partial charge in [0.1, 0.15) is 5.75 Å². The minimum Gasteiger partial charge on any atom is -0.508 e. The maximum atomic E-state index is 12.1. The summed E-state index contributed by atoms with van der Waals surface area (Å²) in [5.41, 5.74) is 5.22. The van der Waals surface area contributed by atoms with Gasteiger partial charge < -0.3 is 10.8 Å². The molecule has 0 bridgehead atoms. The molecule has 0 amide bonds. The van der Waals surface area contributed by atoms with E-state index in [-0.39, 0.29) is 23.7 Å². The Kier molecular flexibility index (Phi) is 5.33. The van der Waals surface area contributed by atoms with E-state index < -0.39 is 12.5 Å². The number of nitrogens with two attached hydrogens (primary N) is 1. The Morgan fingerprint density at radius 3 is 2.36 bits per heavy atom. The van der Waals surface area contributed by atoms with Crippen LogP contribution in [-0.4, -0.2) is 11.5 Å². The second-order valence-corrected chi connectivity index (χ2v) is 3.48. The molecule has 0 aliphatic heterocycles. The van der Waals surface area contributed by atoms with Crippen LogP contribution in [0.1, 0.15) is 11.6 Å². The summed E-state index contributed by atoms with van der Waals surface area (Å²) in [7, 11) is 0. The number of alkyl halides is 2. The molecule has 0 heterocycles. The third-order valence-electron chi connectivity index (χ3n) is 1.62. The zero-order chi connectivity index (χ0) is 10.0. The Balaban J connectivity index is 0.00000169. The summed E-state index contributed by atoms with van der Waals surface area (Å²) in [6, 6.07) is 2.82. The lowest BCUT2D eigenvalue weighted by Gasteiger charge is -2.12. The summed E-state index contributed by atoms with van der Waals surface area (Å²) < 4.78 is 24.9. The lowest BCUT2D eigenvalue weighted by atomic mass is 10.1. The maximum Gasteiger partial charge on any atom is 0.257 e. The molecule has 6 heteroatoms. The summed E-state index contributed by atoms with van der Waals surface area (Å²) in [6.07, 6.45) is -2.67. The van der Waals surface area contributed by atoms with E-state index in [1.54, 1.807) is 6.07 Å². The third-order valence-corrected chi connectivity index (χ3v) is 2.12. The van der Waals surface area contributed by atoms with Crippen molar-refractivity contribution in [1.82, 2.24) is 0 Å². The Morgan fingerprint density at radius 2 is 1.93 bits per heavy atom. The molecule has 14 heavy (non-hydrogen) atoms. The van der Waals surface area contributed by atoms with E-state index in [0.717, 1.165) is 0 Å². The largest absolute Gasteiger partial charge is 0.508 e. The number of aromatic hydroxyl groups is 1. The van der Waals surface area contributed by atoms with Crippen molar-refractivity contribution in [3.05, 3.63) is 28.2 Å². The van der Waals surface area contributed by atoms with Crippen LogP contribution in [0.2, 0.25) is 0 Å². The number of hydrogen-bond donors (Lipinski definition) is 2. The molecule has 0 fully saturated rings. The number of phenolic OH excluding ortho intramolecular Hbond substituents is 1. The summed E-state index contributed by atoms with van der Waals surface area (Å²) in [5.74, 6) is -0.220. The molecular formula is C8H9BrClF2NO. The first-order valence-corrected chi connectivity index (χ1v) is 4.34. The van der Waals surface area contributed by atoms with Gasteiger partial charge in [0.05, 0.1) is 6.04 Å². The molecule has 0 aliphatic rings. The highest BCUT2D eigenvalue weighted by Gasteiger charge is 2.20. The van der Waals surface area contributed by atoms with Gasteiger partial charge in [-0.25, -0.2) is 8.78 Å². The fourth-order valence-corrected chi connectivity index (χ4v) is 1.28. The van der Waals surface area contributed by atoms with Gasteiger partial charge in [0, 0.05) is 10.0 Å². The van der Waals surface area contributed by atoms with Crippen LogP contribution >= 0.6 is 28.3 Å². The molecule has 0 radical (unpaired) electrons. The van der Waals surface area contributed by atoms with Crippen molar-refractivity contribution in [2.24, 2.45) is 5.73 Å². The van der Waals surface area contributed by atoms with Crippen LogP contribution in [-0.2, 0) is 0 Å². The molecule has 0 aromatic heterocycles. The molecular weight excluding hydrogens is 279 g/mol. The highest BCUT2D eigenvalue weighted by molar-refractivity contribution is 9.10. The van der Waals surface area contributed by atoms with E-state index in [1.165, 1.54) is 12.1 Å². The lowest BCUT2D eigenvalue weighted by molar-refractivity contribution is 0.115. The van der Waals surface area contributed by atoms with Crippen molar-refractivity contribution in [3.8, 4) is 5.75 Å². The Morgan fingerprint density at radius 1 is 1.36 bits per heavy atom. The number of phenols is 1. The standard InChI is InChI=1S/C8H8BrF2NO.ClH/c9-4-1-2-5(6(13)3-4)7(12)8(10)11;/h1-3,7-8,13H,12H2;1H/t7-;/m1./s1. The van der Waals surface area contributed by atoms with Crippen molar-refractivity contribution in [1.29, 1.82) is 0 Å². The average Bonchev–Trinajstić information content (AvgIpc) is 2.03. The predicted octanol–water partition coefficient (Wildman–Crippen LogP) is 2.84. The predicted molar refractivity (Wildman–Crippen MR) is 56.0 cm³/mol. The van der Waals surface area contributed by atoms with Gasteiger partial charge in [-0.05, 0) is 12.1 Å². The van der Waals surface area contributed by atoms with Crippen LogP contribution in [0.4, 0.5) is 8.78 Å². The van der Waals surface area contributed by atoms with Gasteiger partial charge in [-0.3, -0.25) is 0 Å². The summed E-state index contributed by atoms with van der Waals surface area (Å²) in [6.45, 7) is 0. The molecule has 0 unspecified atom stereocenters. The fraction of sp³-hybridized carbons (Fsp3) is 0.250. The van der Waals surface area contributed by atoms with Gasteiger partial charge in [-0.15, -0.1) is 12.4 Å². The summed E-state index contributed by atoms with van der Waals surface area (Å²) in [5, 5.41) is 9.27. The highest BCUT2D eigenvalue weighted by Crippen LogP contribution is 2.29. The smallest absolute Gasteiger partial charge is 0.257 e. The van der Waals surface area contributed by atoms with Gasteiger partial charge in [0.25, 0.3) is 6.43 Å². The number of rotatable bonds is 2. The first kappa shape index (κ1) is 13.6. The van der Waals surface area contributed by atoms with Crippen molar-refractivity contribution < 1.29 is 13.9 Å². The first-order chi connectivity index (χ1) is 6.02. The van der Waals surface area contributed by atoms with Crippen LogP contribution in [0.25, 0.3) is 0 Å². The van der Waals surface area contributed by atoms with Crippen molar-refractivity contribution in [2.75, 3.05) is 0 Å². The van der Waals surface area contributed by atoms with Gasteiger partial charge in [0.15, 0.2) is 0 Å². The monoisotopic (exact) mass is 287 g/mol. The normalized spacial score (nSPS) is 12.4. The second kappa shape index (κ2) is 5.48. The number of hydrogen-bond acceptors (Lipinski definition) is 2.